The first-order chi connectivity index (χ1) is 15.3. The van der Waals surface area contributed by atoms with Crippen molar-refractivity contribution in [2.24, 2.45) is 0 Å². The van der Waals surface area contributed by atoms with Gasteiger partial charge in [0.15, 0.2) is 0 Å². The minimum atomic E-state index is -1.55. The minimum absolute atomic E-state index is 0. The van der Waals surface area contributed by atoms with E-state index in [-0.39, 0.29) is 51.0 Å². The first kappa shape index (κ1) is 39.5. The molecule has 0 aromatic heterocycles. The van der Waals surface area contributed by atoms with Crippen LogP contribution in [-0.4, -0.2) is 84.2 Å². The van der Waals surface area contributed by atoms with Crippen LogP contribution in [0, 0.1) is 0 Å². The number of hydrogen-bond acceptors (Lipinski definition) is 7. The average molecular weight is 501 g/mol. The Hall–Kier alpha value is -0.670. The van der Waals surface area contributed by atoms with Crippen LogP contribution >= 0.6 is 0 Å². The fourth-order valence-electron chi connectivity index (χ4n) is 2.78. The van der Waals surface area contributed by atoms with E-state index in [1.807, 2.05) is 0 Å². The van der Waals surface area contributed by atoms with E-state index in [0.29, 0.717) is 18.6 Å². The molecule has 8 nitrogen and oxygen atoms in total. The molecule has 0 aromatic carbocycles. The van der Waals surface area contributed by atoms with Gasteiger partial charge in [0.05, 0.1) is 25.2 Å². The normalized spacial score (nSPS) is 9.79. The Kier molecular flexibility index (Phi) is 43.0. The maximum absolute atomic E-state index is 10.3. The summed E-state index contributed by atoms with van der Waals surface area (Å²) in [6.07, 6.45) is 21.0. The summed E-state index contributed by atoms with van der Waals surface area (Å²) in [5.41, 5.74) is 0. The van der Waals surface area contributed by atoms with Crippen molar-refractivity contribution in [2.45, 2.75) is 110 Å². The first-order valence-electron chi connectivity index (χ1n) is 11.8. The van der Waals surface area contributed by atoms with E-state index >= 15 is 0 Å². The predicted octanol–water partition coefficient (Wildman–Crippen LogP) is 1.97. The maximum atomic E-state index is 10.3. The van der Waals surface area contributed by atoms with Crippen molar-refractivity contribution in [2.75, 3.05) is 13.2 Å². The molecule has 0 saturated heterocycles. The third-order valence-electron chi connectivity index (χ3n) is 4.45. The molecule has 0 fully saturated rings. The molecule has 0 atom stereocenters. The van der Waals surface area contributed by atoms with Crippen LogP contribution < -0.4 is 10.2 Å². The zero-order valence-corrected chi connectivity index (χ0v) is 22.7. The Morgan fingerprint density at radius 2 is 0.879 bits per heavy atom. The summed E-state index contributed by atoms with van der Waals surface area (Å²) >= 11 is 0. The molecular weight excluding hydrogens is 456 g/mol. The molecule has 9 heteroatoms. The zero-order valence-electron chi connectivity index (χ0n) is 20.5. The van der Waals surface area contributed by atoms with Gasteiger partial charge < -0.3 is 35.1 Å². The van der Waals surface area contributed by atoms with E-state index in [9.17, 15) is 24.6 Å². The molecule has 0 aromatic rings. The molecular formula is C24H44CaO8. The van der Waals surface area contributed by atoms with Gasteiger partial charge in [0.2, 0.25) is 0 Å². The second kappa shape index (κ2) is 35.9. The standard InChI is InChI=1S/C18H36O2.C4H4O4.C2H6O2.Ca/c1-2-3-4-5-6-7-8-9-10-11-12-13-14-15-16-17-18(19)20;5-3(6)1-2-4(7)8;3-1-2-4;/h2-17H2,1H3,(H,19,20);1-2H,(H,5,6)(H,7,8);3-4H,1-2H2;/q;;;+2/p-2/b;2-1-;;. The van der Waals surface area contributed by atoms with Crippen molar-refractivity contribution in [3.63, 3.8) is 0 Å². The number of unbranched alkanes of at least 4 members (excludes halogenated alkanes) is 14. The van der Waals surface area contributed by atoms with Crippen molar-refractivity contribution < 1.29 is 39.9 Å². The number of carboxylic acids is 3. The van der Waals surface area contributed by atoms with Crippen molar-refractivity contribution in [3.05, 3.63) is 12.2 Å². The monoisotopic (exact) mass is 500 g/mol. The minimum Gasteiger partial charge on any atom is -0.545 e. The summed E-state index contributed by atoms with van der Waals surface area (Å²) in [6, 6.07) is 0. The van der Waals surface area contributed by atoms with Gasteiger partial charge in [-0.2, -0.15) is 0 Å². The van der Waals surface area contributed by atoms with E-state index < -0.39 is 17.9 Å². The van der Waals surface area contributed by atoms with Crippen LogP contribution in [0.2, 0.25) is 0 Å². The molecule has 0 spiro atoms. The number of carbonyl (C=O) groups is 3. The van der Waals surface area contributed by atoms with Crippen LogP contribution in [0.1, 0.15) is 110 Å². The summed E-state index contributed by atoms with van der Waals surface area (Å²) in [5.74, 6) is -3.75. The van der Waals surface area contributed by atoms with Gasteiger partial charge in [0.25, 0.3) is 0 Å². The van der Waals surface area contributed by atoms with E-state index in [0.717, 1.165) is 12.8 Å². The van der Waals surface area contributed by atoms with Gasteiger partial charge in [-0.15, -0.1) is 0 Å². The first-order valence-corrected chi connectivity index (χ1v) is 11.8. The number of rotatable bonds is 19. The summed E-state index contributed by atoms with van der Waals surface area (Å²) in [5, 5.41) is 42.6. The third kappa shape index (κ3) is 54.1. The molecule has 0 aliphatic carbocycles. The average Bonchev–Trinajstić information content (AvgIpc) is 2.75. The Labute approximate surface area is 229 Å². The van der Waals surface area contributed by atoms with Gasteiger partial charge in [0, 0.05) is 6.42 Å². The summed E-state index contributed by atoms with van der Waals surface area (Å²) in [4.78, 5) is 29.2. The molecule has 0 amide bonds. The smallest absolute Gasteiger partial charge is 0.545 e. The van der Waals surface area contributed by atoms with Gasteiger partial charge in [-0.05, 0) is 18.6 Å². The largest absolute Gasteiger partial charge is 2.00 e. The zero-order chi connectivity index (χ0) is 24.9. The van der Waals surface area contributed by atoms with Crippen molar-refractivity contribution in [1.82, 2.24) is 0 Å². The third-order valence-corrected chi connectivity index (χ3v) is 4.45. The molecule has 0 aliphatic rings. The number of carboxylic acid groups (broad SMARTS) is 3. The SMILES string of the molecule is CCCCCCCCCCCCCCCCCC(=O)O.O=C([O-])/C=C\C(=O)[O-].OCCO.[Ca+2]. The van der Waals surface area contributed by atoms with E-state index in [4.69, 9.17) is 15.3 Å². The second-order valence-corrected chi connectivity index (χ2v) is 7.51. The van der Waals surface area contributed by atoms with E-state index in [2.05, 4.69) is 6.92 Å². The second-order valence-electron chi connectivity index (χ2n) is 7.51. The van der Waals surface area contributed by atoms with E-state index in [1.54, 1.807) is 0 Å². The quantitative estimate of drug-likeness (QED) is 0.138. The van der Waals surface area contributed by atoms with Gasteiger partial charge in [-0.1, -0.05) is 96.8 Å². The van der Waals surface area contributed by atoms with Crippen LogP contribution in [0.25, 0.3) is 0 Å². The molecule has 0 bridgehead atoms. The number of aliphatic hydroxyl groups excluding tert-OH is 2. The Morgan fingerprint density at radius 3 is 1.09 bits per heavy atom. The Bertz CT molecular complexity index is 438. The van der Waals surface area contributed by atoms with Gasteiger partial charge in [-0.25, -0.2) is 0 Å². The number of aliphatic hydroxyl groups is 2. The van der Waals surface area contributed by atoms with Gasteiger partial charge in [0.1, 0.15) is 0 Å². The van der Waals surface area contributed by atoms with Gasteiger partial charge in [-0.3, -0.25) is 4.79 Å². The number of hydrogen-bond donors (Lipinski definition) is 3. The molecule has 3 N–H and O–H groups in total. The molecule has 0 aliphatic heterocycles. The Balaban J connectivity index is -0.000000268. The van der Waals surface area contributed by atoms with Crippen molar-refractivity contribution in [3.8, 4) is 0 Å². The maximum Gasteiger partial charge on any atom is 2.00 e. The molecule has 0 heterocycles. The van der Waals surface area contributed by atoms with Crippen LogP contribution in [0.3, 0.4) is 0 Å². The Morgan fingerprint density at radius 1 is 0.606 bits per heavy atom. The van der Waals surface area contributed by atoms with Crippen molar-refractivity contribution >= 4 is 55.6 Å². The number of carbonyl (C=O) groups excluding carboxylic acids is 2. The fraction of sp³-hybridized carbons (Fsp3) is 0.792. The summed E-state index contributed by atoms with van der Waals surface area (Å²) in [7, 11) is 0. The van der Waals surface area contributed by atoms with E-state index in [1.165, 1.54) is 83.5 Å². The van der Waals surface area contributed by atoms with Crippen LogP contribution in [-0.2, 0) is 14.4 Å². The summed E-state index contributed by atoms with van der Waals surface area (Å²) < 4.78 is 0. The van der Waals surface area contributed by atoms with Gasteiger partial charge >= 0.3 is 43.7 Å². The summed E-state index contributed by atoms with van der Waals surface area (Å²) in [6.45, 7) is 2.02. The topological polar surface area (TPSA) is 158 Å². The molecule has 190 valence electrons. The molecule has 0 rings (SSSR count). The molecule has 0 unspecified atom stereocenters. The number of aliphatic carboxylic acids is 3. The molecule has 33 heavy (non-hydrogen) atoms. The van der Waals surface area contributed by atoms with Crippen molar-refractivity contribution in [1.29, 1.82) is 0 Å². The predicted molar refractivity (Wildman–Crippen MR) is 126 cm³/mol. The molecule has 0 saturated carbocycles. The fourth-order valence-corrected chi connectivity index (χ4v) is 2.78. The van der Waals surface area contributed by atoms with Crippen LogP contribution in [0.5, 0.6) is 0 Å². The van der Waals surface area contributed by atoms with Crippen LogP contribution in [0.4, 0.5) is 0 Å². The van der Waals surface area contributed by atoms with Crippen LogP contribution in [0.15, 0.2) is 12.2 Å². The molecule has 0 radical (unpaired) electrons.